The lowest BCUT2D eigenvalue weighted by Gasteiger charge is -2.36. The molecule has 2 unspecified atom stereocenters. The predicted molar refractivity (Wildman–Crippen MR) is 74.7 cm³/mol. The van der Waals surface area contributed by atoms with Gasteiger partial charge >= 0.3 is 6.01 Å². The summed E-state index contributed by atoms with van der Waals surface area (Å²) in [5.41, 5.74) is 0. The van der Waals surface area contributed by atoms with Crippen LogP contribution < -0.4 is 10.2 Å². The Hall–Kier alpha value is -1.18. The number of hydrogen-bond acceptors (Lipinski definition) is 7. The van der Waals surface area contributed by atoms with Crippen molar-refractivity contribution in [2.45, 2.75) is 39.0 Å². The van der Waals surface area contributed by atoms with E-state index in [2.05, 4.69) is 34.3 Å². The lowest BCUT2D eigenvalue weighted by atomic mass is 10.1. The van der Waals surface area contributed by atoms with Crippen LogP contribution in [0.3, 0.4) is 0 Å². The van der Waals surface area contributed by atoms with E-state index in [9.17, 15) is 0 Å². The Morgan fingerprint density at radius 1 is 1.45 bits per heavy atom. The van der Waals surface area contributed by atoms with E-state index >= 15 is 0 Å². The van der Waals surface area contributed by atoms with E-state index in [1.165, 1.54) is 0 Å². The summed E-state index contributed by atoms with van der Waals surface area (Å²) in [6.07, 6.45) is 1.18. The minimum absolute atomic E-state index is 0.188. The normalized spacial score (nSPS) is 23.2. The van der Waals surface area contributed by atoms with Gasteiger partial charge in [-0.1, -0.05) is 12.0 Å². The average molecular weight is 284 g/mol. The molecular weight excluding hydrogens is 260 g/mol. The van der Waals surface area contributed by atoms with Crippen LogP contribution >= 0.6 is 0 Å². The Labute approximate surface area is 119 Å². The van der Waals surface area contributed by atoms with Gasteiger partial charge in [0.2, 0.25) is 5.89 Å². The minimum atomic E-state index is 0.188. The van der Waals surface area contributed by atoms with Crippen molar-refractivity contribution >= 4 is 6.01 Å². The van der Waals surface area contributed by atoms with Crippen molar-refractivity contribution in [3.8, 4) is 0 Å². The summed E-state index contributed by atoms with van der Waals surface area (Å²) in [7, 11) is 1.68. The van der Waals surface area contributed by atoms with Crippen LogP contribution in [0.15, 0.2) is 4.42 Å². The van der Waals surface area contributed by atoms with Crippen LogP contribution in [0.4, 0.5) is 6.01 Å². The smallest absolute Gasteiger partial charge is 0.318 e. The van der Waals surface area contributed by atoms with Crippen LogP contribution in [0, 0.1) is 0 Å². The van der Waals surface area contributed by atoms with Gasteiger partial charge in [-0.2, -0.15) is 0 Å². The van der Waals surface area contributed by atoms with Crippen molar-refractivity contribution in [1.29, 1.82) is 0 Å². The maximum atomic E-state index is 5.73. The lowest BCUT2D eigenvalue weighted by molar-refractivity contribution is 0.0277. The number of ether oxygens (including phenoxy) is 2. The fourth-order valence-electron chi connectivity index (χ4n) is 2.22. The van der Waals surface area contributed by atoms with Crippen LogP contribution in [0.25, 0.3) is 0 Å². The van der Waals surface area contributed by atoms with Gasteiger partial charge in [0.25, 0.3) is 0 Å². The highest BCUT2D eigenvalue weighted by molar-refractivity contribution is 5.28. The number of rotatable bonds is 7. The monoisotopic (exact) mass is 284 g/mol. The number of methoxy groups -OCH3 is 1. The Morgan fingerprint density at radius 3 is 3.05 bits per heavy atom. The molecule has 0 radical (unpaired) electrons. The topological polar surface area (TPSA) is 72.7 Å². The molecule has 2 heterocycles. The standard InChI is InChI=1S/C13H24N4O3/c1-4-11-9-19-10(2)8-17(11)13-16-15-12(20-13)7-14-5-6-18-3/h10-11,14H,4-9H2,1-3H3. The molecular formula is C13H24N4O3. The zero-order valence-corrected chi connectivity index (χ0v) is 12.5. The third-order valence-corrected chi connectivity index (χ3v) is 3.40. The molecule has 20 heavy (non-hydrogen) atoms. The summed E-state index contributed by atoms with van der Waals surface area (Å²) in [5.74, 6) is 0.602. The van der Waals surface area contributed by atoms with Crippen molar-refractivity contribution in [1.82, 2.24) is 15.5 Å². The van der Waals surface area contributed by atoms with Crippen molar-refractivity contribution < 1.29 is 13.9 Å². The molecule has 1 aliphatic heterocycles. The molecule has 2 rings (SSSR count). The maximum Gasteiger partial charge on any atom is 0.318 e. The van der Waals surface area contributed by atoms with Gasteiger partial charge in [-0.3, -0.25) is 0 Å². The van der Waals surface area contributed by atoms with E-state index in [-0.39, 0.29) is 6.10 Å². The molecule has 0 amide bonds. The van der Waals surface area contributed by atoms with Crippen LogP contribution in [0.5, 0.6) is 0 Å². The highest BCUT2D eigenvalue weighted by Crippen LogP contribution is 2.22. The molecule has 1 fully saturated rings. The average Bonchev–Trinajstić information content (AvgIpc) is 2.92. The van der Waals surface area contributed by atoms with Crippen LogP contribution in [0.2, 0.25) is 0 Å². The molecule has 1 aromatic rings. The molecule has 0 saturated carbocycles. The molecule has 0 bridgehead atoms. The zero-order chi connectivity index (χ0) is 14.4. The first-order valence-corrected chi connectivity index (χ1v) is 7.14. The number of nitrogens with one attached hydrogen (secondary N) is 1. The fourth-order valence-corrected chi connectivity index (χ4v) is 2.22. The van der Waals surface area contributed by atoms with Gasteiger partial charge in [-0.25, -0.2) is 0 Å². The van der Waals surface area contributed by atoms with Crippen molar-refractivity contribution in [3.05, 3.63) is 5.89 Å². The first kappa shape index (κ1) is 15.2. The Morgan fingerprint density at radius 2 is 2.30 bits per heavy atom. The van der Waals surface area contributed by atoms with Crippen LogP contribution in [-0.4, -0.2) is 55.8 Å². The number of nitrogens with zero attached hydrogens (tertiary/aromatic N) is 3. The number of aromatic nitrogens is 2. The molecule has 0 aliphatic carbocycles. The summed E-state index contributed by atoms with van der Waals surface area (Å²) in [6, 6.07) is 0.900. The highest BCUT2D eigenvalue weighted by atomic mass is 16.5. The molecule has 2 atom stereocenters. The van der Waals surface area contributed by atoms with Gasteiger partial charge in [-0.15, -0.1) is 5.10 Å². The molecule has 114 valence electrons. The Kier molecular flexibility index (Phi) is 5.75. The second kappa shape index (κ2) is 7.56. The quantitative estimate of drug-likeness (QED) is 0.743. The Balaban J connectivity index is 1.92. The Bertz CT molecular complexity index is 399. The van der Waals surface area contributed by atoms with Gasteiger partial charge in [0, 0.05) is 20.2 Å². The van der Waals surface area contributed by atoms with Crippen LogP contribution in [0.1, 0.15) is 26.2 Å². The predicted octanol–water partition coefficient (Wildman–Crippen LogP) is 0.809. The molecule has 1 saturated heterocycles. The van der Waals surface area contributed by atoms with Gasteiger partial charge in [0.15, 0.2) is 0 Å². The largest absolute Gasteiger partial charge is 0.407 e. The molecule has 1 N–H and O–H groups in total. The first-order chi connectivity index (χ1) is 9.74. The number of anilines is 1. The van der Waals surface area contributed by atoms with Crippen molar-refractivity contribution in [3.63, 3.8) is 0 Å². The summed E-state index contributed by atoms with van der Waals surface area (Å²) >= 11 is 0. The van der Waals surface area contributed by atoms with Gasteiger partial charge in [-0.05, 0) is 13.3 Å². The van der Waals surface area contributed by atoms with E-state index in [0.717, 1.165) is 19.5 Å². The molecule has 0 aromatic carbocycles. The fraction of sp³-hybridized carbons (Fsp3) is 0.846. The molecule has 1 aromatic heterocycles. The van der Waals surface area contributed by atoms with Gasteiger partial charge in [0.1, 0.15) is 0 Å². The summed E-state index contributed by atoms with van der Waals surface area (Å²) in [5, 5.41) is 11.4. The van der Waals surface area contributed by atoms with Gasteiger partial charge in [0.05, 0.1) is 31.9 Å². The van der Waals surface area contributed by atoms with E-state index < -0.39 is 0 Å². The lowest BCUT2D eigenvalue weighted by Crippen LogP contribution is -2.48. The summed E-state index contributed by atoms with van der Waals surface area (Å²) < 4.78 is 16.4. The second-order valence-electron chi connectivity index (χ2n) is 5.01. The zero-order valence-electron chi connectivity index (χ0n) is 12.5. The van der Waals surface area contributed by atoms with E-state index in [0.29, 0.717) is 37.7 Å². The summed E-state index contributed by atoms with van der Waals surface area (Å²) in [6.45, 7) is 7.69. The van der Waals surface area contributed by atoms with E-state index in [1.54, 1.807) is 7.11 Å². The van der Waals surface area contributed by atoms with E-state index in [1.807, 2.05) is 0 Å². The minimum Gasteiger partial charge on any atom is -0.407 e. The highest BCUT2D eigenvalue weighted by Gasteiger charge is 2.29. The SMILES string of the molecule is CCC1COC(C)CN1c1nnc(CNCCOC)o1. The molecule has 7 heteroatoms. The molecule has 7 nitrogen and oxygen atoms in total. The molecule has 0 spiro atoms. The van der Waals surface area contributed by atoms with Crippen molar-refractivity contribution in [2.75, 3.05) is 38.3 Å². The van der Waals surface area contributed by atoms with E-state index in [4.69, 9.17) is 13.9 Å². The number of hydrogen-bond donors (Lipinski definition) is 1. The maximum absolute atomic E-state index is 5.73. The number of morpholine rings is 1. The molecule has 1 aliphatic rings. The second-order valence-corrected chi connectivity index (χ2v) is 5.01. The van der Waals surface area contributed by atoms with Crippen molar-refractivity contribution in [2.24, 2.45) is 0 Å². The third kappa shape index (κ3) is 3.91. The van der Waals surface area contributed by atoms with Gasteiger partial charge < -0.3 is 24.1 Å². The summed E-state index contributed by atoms with van der Waals surface area (Å²) in [4.78, 5) is 2.15. The van der Waals surface area contributed by atoms with Crippen LogP contribution in [-0.2, 0) is 16.0 Å². The first-order valence-electron chi connectivity index (χ1n) is 7.14. The third-order valence-electron chi connectivity index (χ3n) is 3.40.